The maximum absolute atomic E-state index is 11.3. The van der Waals surface area contributed by atoms with Gasteiger partial charge in [-0.1, -0.05) is 48.0 Å². The summed E-state index contributed by atoms with van der Waals surface area (Å²) < 4.78 is 2.13. The molecule has 2 N–H and O–H groups in total. The Morgan fingerprint density at radius 1 is 1.24 bits per heavy atom. The third kappa shape index (κ3) is 3.64. The van der Waals surface area contributed by atoms with Crippen LogP contribution in [0.3, 0.4) is 0 Å². The smallest absolute Gasteiger partial charge is 0.327 e. The van der Waals surface area contributed by atoms with E-state index in [2.05, 4.69) is 41.1 Å². The number of benzene rings is 2. The van der Waals surface area contributed by atoms with Gasteiger partial charge in [0.15, 0.2) is 6.19 Å². The summed E-state index contributed by atoms with van der Waals surface area (Å²) in [6.07, 6.45) is 3.97. The molecule has 5 nitrogen and oxygen atoms in total. The Balaban J connectivity index is 1.96. The fraction of sp³-hybridized carbons (Fsp3) is 0.200. The van der Waals surface area contributed by atoms with Gasteiger partial charge in [0.1, 0.15) is 6.04 Å². The molecular formula is C20H19N3O2. The summed E-state index contributed by atoms with van der Waals surface area (Å²) >= 11 is 0. The summed E-state index contributed by atoms with van der Waals surface area (Å²) in [7, 11) is 0. The van der Waals surface area contributed by atoms with E-state index in [9.17, 15) is 9.90 Å². The molecule has 0 aliphatic heterocycles. The van der Waals surface area contributed by atoms with Crippen molar-refractivity contribution >= 4 is 16.9 Å². The molecule has 0 radical (unpaired) electrons. The second-order valence-electron chi connectivity index (χ2n) is 6.14. The highest BCUT2D eigenvalue weighted by Gasteiger charge is 2.20. The van der Waals surface area contributed by atoms with E-state index in [0.29, 0.717) is 6.54 Å². The second kappa shape index (κ2) is 7.10. The van der Waals surface area contributed by atoms with Crippen molar-refractivity contribution in [2.45, 2.75) is 25.9 Å². The number of rotatable bonds is 6. The van der Waals surface area contributed by atoms with E-state index in [-0.39, 0.29) is 6.42 Å². The number of carbonyl (C=O) groups is 1. The van der Waals surface area contributed by atoms with Crippen LogP contribution in [0.2, 0.25) is 0 Å². The lowest BCUT2D eigenvalue weighted by Crippen LogP contribution is -2.35. The predicted molar refractivity (Wildman–Crippen MR) is 96.1 cm³/mol. The highest BCUT2D eigenvalue weighted by Crippen LogP contribution is 2.24. The first-order chi connectivity index (χ1) is 12.1. The first-order valence-corrected chi connectivity index (χ1v) is 8.08. The zero-order chi connectivity index (χ0) is 17.8. The largest absolute Gasteiger partial charge is 0.480 e. The zero-order valence-corrected chi connectivity index (χ0v) is 13.9. The summed E-state index contributed by atoms with van der Waals surface area (Å²) in [6, 6.07) is 15.4. The average molecular weight is 333 g/mol. The van der Waals surface area contributed by atoms with Crippen molar-refractivity contribution in [1.29, 1.82) is 5.26 Å². The van der Waals surface area contributed by atoms with Crippen molar-refractivity contribution in [3.05, 3.63) is 71.4 Å². The van der Waals surface area contributed by atoms with Gasteiger partial charge in [0.05, 0.1) is 0 Å². The lowest BCUT2D eigenvalue weighted by Gasteiger charge is -2.09. The average Bonchev–Trinajstić information content (AvgIpc) is 2.94. The van der Waals surface area contributed by atoms with Gasteiger partial charge in [-0.15, -0.1) is 0 Å². The van der Waals surface area contributed by atoms with Crippen molar-refractivity contribution < 1.29 is 9.90 Å². The number of aliphatic carboxylic acids is 1. The van der Waals surface area contributed by atoms with E-state index in [4.69, 9.17) is 5.26 Å². The molecule has 1 aromatic heterocycles. The van der Waals surface area contributed by atoms with E-state index < -0.39 is 12.0 Å². The number of aryl methyl sites for hydroxylation is 1. The number of nitrogens with zero attached hydrogens (tertiary/aromatic N) is 2. The van der Waals surface area contributed by atoms with Gasteiger partial charge in [0.2, 0.25) is 0 Å². The summed E-state index contributed by atoms with van der Waals surface area (Å²) in [4.78, 5) is 11.3. The number of carboxylic acids is 1. The van der Waals surface area contributed by atoms with Crippen molar-refractivity contribution in [1.82, 2.24) is 9.88 Å². The predicted octanol–water partition coefficient (Wildman–Crippen LogP) is 3.06. The zero-order valence-electron chi connectivity index (χ0n) is 13.9. The number of aromatic nitrogens is 1. The van der Waals surface area contributed by atoms with Gasteiger partial charge < -0.3 is 15.0 Å². The number of hydrogen-bond donors (Lipinski definition) is 2. The first kappa shape index (κ1) is 16.6. The molecule has 1 heterocycles. The van der Waals surface area contributed by atoms with Crippen LogP contribution in [0.1, 0.15) is 16.7 Å². The molecule has 0 fully saturated rings. The minimum absolute atomic E-state index is 0.254. The van der Waals surface area contributed by atoms with E-state index >= 15 is 0 Å². The molecule has 2 aromatic carbocycles. The Morgan fingerprint density at radius 2 is 1.96 bits per heavy atom. The van der Waals surface area contributed by atoms with Gasteiger partial charge in [-0.05, 0) is 24.1 Å². The maximum atomic E-state index is 11.3. The SMILES string of the molecule is Cc1ccc(Cn2cc(C[C@H](NC#N)C(=O)O)c3ccccc32)cc1. The Morgan fingerprint density at radius 3 is 2.64 bits per heavy atom. The molecule has 0 unspecified atom stereocenters. The highest BCUT2D eigenvalue weighted by atomic mass is 16.4. The lowest BCUT2D eigenvalue weighted by atomic mass is 10.1. The van der Waals surface area contributed by atoms with Crippen molar-refractivity contribution in [3.63, 3.8) is 0 Å². The fourth-order valence-corrected chi connectivity index (χ4v) is 3.00. The number of para-hydroxylation sites is 1. The molecule has 0 bridgehead atoms. The third-order valence-electron chi connectivity index (χ3n) is 4.31. The molecule has 0 aliphatic carbocycles. The Kier molecular flexibility index (Phi) is 4.71. The summed E-state index contributed by atoms with van der Waals surface area (Å²) in [6.45, 7) is 2.77. The molecule has 3 rings (SSSR count). The van der Waals surface area contributed by atoms with Crippen molar-refractivity contribution in [2.24, 2.45) is 0 Å². The van der Waals surface area contributed by atoms with Gasteiger partial charge in [-0.2, -0.15) is 5.26 Å². The molecule has 25 heavy (non-hydrogen) atoms. The van der Waals surface area contributed by atoms with E-state index in [1.807, 2.05) is 30.5 Å². The highest BCUT2D eigenvalue weighted by molar-refractivity contribution is 5.85. The first-order valence-electron chi connectivity index (χ1n) is 8.08. The second-order valence-corrected chi connectivity index (χ2v) is 6.14. The maximum Gasteiger partial charge on any atom is 0.327 e. The number of carboxylic acid groups (broad SMARTS) is 1. The van der Waals surface area contributed by atoms with Crippen LogP contribution in [0.15, 0.2) is 54.7 Å². The normalized spacial score (nSPS) is 11.8. The molecular weight excluding hydrogens is 314 g/mol. The molecule has 0 saturated heterocycles. The molecule has 3 aromatic rings. The van der Waals surface area contributed by atoms with E-state index in [1.54, 1.807) is 6.19 Å². The lowest BCUT2D eigenvalue weighted by molar-refractivity contribution is -0.139. The topological polar surface area (TPSA) is 78.0 Å². The molecule has 0 amide bonds. The van der Waals surface area contributed by atoms with Crippen LogP contribution < -0.4 is 5.32 Å². The Bertz CT molecular complexity index is 936. The molecule has 0 saturated carbocycles. The summed E-state index contributed by atoms with van der Waals surface area (Å²) in [5.74, 6) is -1.03. The van der Waals surface area contributed by atoms with Crippen LogP contribution in [0.25, 0.3) is 10.9 Å². The number of nitrogens with one attached hydrogen (secondary N) is 1. The molecule has 0 spiro atoms. The quantitative estimate of drug-likeness (QED) is 0.537. The molecule has 126 valence electrons. The van der Waals surface area contributed by atoms with Crippen LogP contribution >= 0.6 is 0 Å². The van der Waals surface area contributed by atoms with Crippen LogP contribution in [-0.2, 0) is 17.8 Å². The van der Waals surface area contributed by atoms with Crippen LogP contribution in [0.5, 0.6) is 0 Å². The summed E-state index contributed by atoms with van der Waals surface area (Å²) in [5, 5.41) is 21.4. The standard InChI is InChI=1S/C20H19N3O2/c1-14-6-8-15(9-7-14)11-23-12-16(10-18(20(24)25)22-13-21)17-4-2-3-5-19(17)23/h2-9,12,18,22H,10-11H2,1H3,(H,24,25)/t18-/m0/s1. The van der Waals surface area contributed by atoms with Gasteiger partial charge >= 0.3 is 5.97 Å². The number of hydrogen-bond acceptors (Lipinski definition) is 3. The molecule has 5 heteroatoms. The van der Waals surface area contributed by atoms with Gasteiger partial charge in [0.25, 0.3) is 0 Å². The van der Waals surface area contributed by atoms with Crippen LogP contribution in [0.4, 0.5) is 0 Å². The van der Waals surface area contributed by atoms with E-state index in [0.717, 1.165) is 16.5 Å². The van der Waals surface area contributed by atoms with E-state index in [1.165, 1.54) is 11.1 Å². The fourth-order valence-electron chi connectivity index (χ4n) is 3.00. The third-order valence-corrected chi connectivity index (χ3v) is 4.31. The molecule has 1 atom stereocenters. The minimum atomic E-state index is -1.03. The number of fused-ring (bicyclic) bond motifs is 1. The van der Waals surface area contributed by atoms with Gasteiger partial charge in [0, 0.05) is 30.1 Å². The van der Waals surface area contributed by atoms with Gasteiger partial charge in [-0.3, -0.25) is 0 Å². The Labute approximate surface area is 146 Å². The van der Waals surface area contributed by atoms with Gasteiger partial charge in [-0.25, -0.2) is 4.79 Å². The Hall–Kier alpha value is -3.26. The summed E-state index contributed by atoms with van der Waals surface area (Å²) in [5.41, 5.74) is 4.37. The minimum Gasteiger partial charge on any atom is -0.480 e. The van der Waals surface area contributed by atoms with Crippen molar-refractivity contribution in [3.8, 4) is 6.19 Å². The number of nitriles is 1. The molecule has 0 aliphatic rings. The van der Waals surface area contributed by atoms with Crippen molar-refractivity contribution in [2.75, 3.05) is 0 Å². The monoisotopic (exact) mass is 333 g/mol. The van der Waals surface area contributed by atoms with Crippen LogP contribution in [0, 0.1) is 18.4 Å². The van der Waals surface area contributed by atoms with Crippen LogP contribution in [-0.4, -0.2) is 21.7 Å².